The fourth-order valence-corrected chi connectivity index (χ4v) is 3.60. The van der Waals surface area contributed by atoms with Gasteiger partial charge in [0, 0.05) is 24.0 Å². The Labute approximate surface area is 107 Å². The topological polar surface area (TPSA) is 18.5 Å². The number of alkyl halides is 1. The minimum absolute atomic E-state index is 0.342. The van der Waals surface area contributed by atoms with Crippen LogP contribution in [0.2, 0.25) is 0 Å². The van der Waals surface area contributed by atoms with E-state index in [1.54, 1.807) is 0 Å². The number of ether oxygens (including phenoxy) is 2. The molecule has 0 aromatic rings. The molecule has 1 aliphatic heterocycles. The van der Waals surface area contributed by atoms with E-state index in [0.29, 0.717) is 17.6 Å². The minimum Gasteiger partial charge on any atom is -0.379 e. The number of hydrogen-bond acceptors (Lipinski definition) is 2. The molecule has 2 fully saturated rings. The maximum atomic E-state index is 5.96. The second-order valence-corrected chi connectivity index (χ2v) is 6.11. The first-order valence-corrected chi connectivity index (χ1v) is 7.59. The van der Waals surface area contributed by atoms with Crippen molar-refractivity contribution in [2.75, 3.05) is 18.5 Å². The molecule has 2 atom stereocenters. The molecule has 0 aromatic heterocycles. The van der Waals surface area contributed by atoms with Crippen LogP contribution in [0.3, 0.4) is 0 Å². The van der Waals surface area contributed by atoms with Crippen LogP contribution >= 0.6 is 15.9 Å². The van der Waals surface area contributed by atoms with Crippen molar-refractivity contribution in [1.82, 2.24) is 0 Å². The van der Waals surface area contributed by atoms with Gasteiger partial charge in [-0.25, -0.2) is 0 Å². The summed E-state index contributed by atoms with van der Waals surface area (Å²) in [5.74, 6) is 0.832. The van der Waals surface area contributed by atoms with Gasteiger partial charge >= 0.3 is 0 Å². The molecular weight excluding hydrogens is 268 g/mol. The molecule has 2 nitrogen and oxygen atoms in total. The molecule has 1 aliphatic carbocycles. The summed E-state index contributed by atoms with van der Waals surface area (Å²) in [6, 6.07) is 0. The van der Waals surface area contributed by atoms with E-state index >= 15 is 0 Å². The lowest BCUT2D eigenvalue weighted by atomic mass is 9.78. The molecule has 1 heterocycles. The Morgan fingerprint density at radius 2 is 2.19 bits per heavy atom. The highest BCUT2D eigenvalue weighted by molar-refractivity contribution is 9.09. The molecule has 2 rings (SSSR count). The Bertz CT molecular complexity index is 228. The largest absolute Gasteiger partial charge is 0.379 e. The van der Waals surface area contributed by atoms with Crippen molar-refractivity contribution in [3.8, 4) is 0 Å². The second kappa shape index (κ2) is 5.36. The number of rotatable bonds is 6. The van der Waals surface area contributed by atoms with E-state index in [1.807, 2.05) is 0 Å². The zero-order valence-corrected chi connectivity index (χ0v) is 12.0. The van der Waals surface area contributed by atoms with Gasteiger partial charge in [0.1, 0.15) is 0 Å². The Morgan fingerprint density at radius 1 is 1.44 bits per heavy atom. The number of halogens is 1. The quantitative estimate of drug-likeness (QED) is 0.698. The van der Waals surface area contributed by atoms with Crippen LogP contribution in [0.5, 0.6) is 0 Å². The lowest BCUT2D eigenvalue weighted by Gasteiger charge is -2.32. The summed E-state index contributed by atoms with van der Waals surface area (Å²) in [4.78, 5) is 0. The van der Waals surface area contributed by atoms with Crippen LogP contribution in [0.25, 0.3) is 0 Å². The third kappa shape index (κ3) is 2.80. The Balaban J connectivity index is 1.89. The standard InChI is InChI=1S/C13H23BrO2/c1-10(2)15-7-5-13(9-14)6-8-16-12(13)11-3-4-11/h10-12H,3-9H2,1-2H3. The van der Waals surface area contributed by atoms with Crippen molar-refractivity contribution < 1.29 is 9.47 Å². The van der Waals surface area contributed by atoms with E-state index in [2.05, 4.69) is 29.8 Å². The normalized spacial score (nSPS) is 34.9. The maximum Gasteiger partial charge on any atom is 0.0669 e. The molecule has 0 amide bonds. The van der Waals surface area contributed by atoms with E-state index in [4.69, 9.17) is 9.47 Å². The fraction of sp³-hybridized carbons (Fsp3) is 1.00. The summed E-state index contributed by atoms with van der Waals surface area (Å²) in [5.41, 5.74) is 0.343. The fourth-order valence-electron chi connectivity index (χ4n) is 2.72. The summed E-state index contributed by atoms with van der Waals surface area (Å²) in [6.07, 6.45) is 5.89. The van der Waals surface area contributed by atoms with Gasteiger partial charge < -0.3 is 9.47 Å². The smallest absolute Gasteiger partial charge is 0.0669 e. The molecule has 3 heteroatoms. The van der Waals surface area contributed by atoms with Crippen molar-refractivity contribution in [1.29, 1.82) is 0 Å². The molecular formula is C13H23BrO2. The summed E-state index contributed by atoms with van der Waals surface area (Å²) in [7, 11) is 0. The van der Waals surface area contributed by atoms with E-state index in [-0.39, 0.29) is 0 Å². The Morgan fingerprint density at radius 3 is 2.75 bits per heavy atom. The SMILES string of the molecule is CC(C)OCCC1(CBr)CCOC1C1CC1. The molecule has 0 N–H and O–H groups in total. The highest BCUT2D eigenvalue weighted by atomic mass is 79.9. The first kappa shape index (κ1) is 12.8. The summed E-state index contributed by atoms with van der Waals surface area (Å²) < 4.78 is 11.7. The van der Waals surface area contributed by atoms with Gasteiger partial charge in [0.05, 0.1) is 12.2 Å². The Hall–Kier alpha value is 0.400. The third-order valence-electron chi connectivity index (χ3n) is 3.87. The zero-order chi connectivity index (χ0) is 11.6. The molecule has 16 heavy (non-hydrogen) atoms. The van der Waals surface area contributed by atoms with Gasteiger partial charge in [0.2, 0.25) is 0 Å². The lowest BCUT2D eigenvalue weighted by molar-refractivity contribution is 0.00841. The number of hydrogen-bond donors (Lipinski definition) is 0. The molecule has 1 saturated carbocycles. The van der Waals surface area contributed by atoms with E-state index in [0.717, 1.165) is 30.9 Å². The van der Waals surface area contributed by atoms with Gasteiger partial charge in [0.15, 0.2) is 0 Å². The minimum atomic E-state index is 0.342. The first-order chi connectivity index (χ1) is 7.68. The van der Waals surface area contributed by atoms with Crippen LogP contribution in [0.4, 0.5) is 0 Å². The summed E-state index contributed by atoms with van der Waals surface area (Å²) >= 11 is 3.70. The zero-order valence-electron chi connectivity index (χ0n) is 10.4. The van der Waals surface area contributed by atoms with Crippen LogP contribution in [0.1, 0.15) is 39.5 Å². The summed E-state index contributed by atoms with van der Waals surface area (Å²) in [5, 5.41) is 1.06. The van der Waals surface area contributed by atoms with Crippen molar-refractivity contribution >= 4 is 15.9 Å². The molecule has 0 radical (unpaired) electrons. The average molecular weight is 291 g/mol. The molecule has 2 aliphatic rings. The second-order valence-electron chi connectivity index (χ2n) is 5.54. The van der Waals surface area contributed by atoms with Crippen LogP contribution in [0, 0.1) is 11.3 Å². The van der Waals surface area contributed by atoms with Crippen LogP contribution in [-0.4, -0.2) is 30.8 Å². The van der Waals surface area contributed by atoms with Gasteiger partial charge in [-0.15, -0.1) is 0 Å². The molecule has 0 aromatic carbocycles. The highest BCUT2D eigenvalue weighted by Crippen LogP contribution is 2.50. The molecule has 1 saturated heterocycles. The van der Waals surface area contributed by atoms with E-state index in [9.17, 15) is 0 Å². The Kier molecular flexibility index (Phi) is 4.31. The molecule has 0 spiro atoms. The van der Waals surface area contributed by atoms with Crippen LogP contribution in [-0.2, 0) is 9.47 Å². The van der Waals surface area contributed by atoms with Gasteiger partial charge in [0.25, 0.3) is 0 Å². The van der Waals surface area contributed by atoms with Crippen LogP contribution in [0.15, 0.2) is 0 Å². The lowest BCUT2D eigenvalue weighted by Crippen LogP contribution is -2.35. The molecule has 0 bridgehead atoms. The summed E-state index contributed by atoms with van der Waals surface area (Å²) in [6.45, 7) is 6.01. The van der Waals surface area contributed by atoms with E-state index < -0.39 is 0 Å². The average Bonchev–Trinajstić information content (AvgIpc) is 3.00. The van der Waals surface area contributed by atoms with Gasteiger partial charge in [-0.1, -0.05) is 15.9 Å². The monoisotopic (exact) mass is 290 g/mol. The predicted molar refractivity (Wildman–Crippen MR) is 69.0 cm³/mol. The third-order valence-corrected chi connectivity index (χ3v) is 4.99. The first-order valence-electron chi connectivity index (χ1n) is 6.47. The molecule has 94 valence electrons. The van der Waals surface area contributed by atoms with Gasteiger partial charge in [-0.05, 0) is 45.4 Å². The van der Waals surface area contributed by atoms with Crippen molar-refractivity contribution in [2.45, 2.75) is 51.7 Å². The van der Waals surface area contributed by atoms with Crippen LogP contribution < -0.4 is 0 Å². The van der Waals surface area contributed by atoms with Crippen molar-refractivity contribution in [3.63, 3.8) is 0 Å². The van der Waals surface area contributed by atoms with Gasteiger partial charge in [-0.2, -0.15) is 0 Å². The maximum absolute atomic E-state index is 5.96. The highest BCUT2D eigenvalue weighted by Gasteiger charge is 2.49. The van der Waals surface area contributed by atoms with E-state index in [1.165, 1.54) is 19.3 Å². The van der Waals surface area contributed by atoms with Gasteiger partial charge in [-0.3, -0.25) is 0 Å². The van der Waals surface area contributed by atoms with Crippen molar-refractivity contribution in [3.05, 3.63) is 0 Å². The predicted octanol–water partition coefficient (Wildman–Crippen LogP) is 3.38. The molecule has 2 unspecified atom stereocenters. The van der Waals surface area contributed by atoms with Crippen molar-refractivity contribution in [2.24, 2.45) is 11.3 Å².